The monoisotopic (exact) mass is 277 g/mol. The van der Waals surface area contributed by atoms with E-state index in [-0.39, 0.29) is 24.5 Å². The molecular weight excluding hydrogens is 261 g/mol. The van der Waals surface area contributed by atoms with Crippen molar-refractivity contribution in [3.63, 3.8) is 0 Å². The van der Waals surface area contributed by atoms with Gasteiger partial charge in [-0.2, -0.15) is 0 Å². The smallest absolute Gasteiger partial charge is 0.414 e. The molecule has 0 radical (unpaired) electrons. The van der Waals surface area contributed by atoms with Gasteiger partial charge in [0.1, 0.15) is 0 Å². The van der Waals surface area contributed by atoms with Gasteiger partial charge < -0.3 is 20.7 Å². The molecule has 0 aliphatic heterocycles. The summed E-state index contributed by atoms with van der Waals surface area (Å²) in [6.45, 7) is 1.93. The average Bonchev–Trinajstić information content (AvgIpc) is 2.71. The summed E-state index contributed by atoms with van der Waals surface area (Å²) in [5, 5.41) is 14.8. The van der Waals surface area contributed by atoms with E-state index in [1.54, 1.807) is 6.92 Å². The van der Waals surface area contributed by atoms with Crippen molar-refractivity contribution < 1.29 is 33.7 Å². The van der Waals surface area contributed by atoms with Gasteiger partial charge in [0.25, 0.3) is 0 Å². The molecule has 0 amide bonds. The number of halogens is 1. The first kappa shape index (κ1) is 15.4. The van der Waals surface area contributed by atoms with Crippen molar-refractivity contribution in [1.29, 1.82) is 0 Å². The zero-order valence-corrected chi connectivity index (χ0v) is 10.3. The predicted molar refractivity (Wildman–Crippen MR) is 59.9 cm³/mol. The van der Waals surface area contributed by atoms with Crippen LogP contribution in [0.25, 0.3) is 0 Å². The van der Waals surface area contributed by atoms with Crippen LogP contribution in [0.3, 0.4) is 0 Å². The lowest BCUT2D eigenvalue weighted by atomic mass is 10.1. The number of hydrogen-bond acceptors (Lipinski definition) is 5. The van der Waals surface area contributed by atoms with Gasteiger partial charge in [0.05, 0.1) is 6.61 Å². The summed E-state index contributed by atoms with van der Waals surface area (Å²) in [5.41, 5.74) is 3.94. The van der Waals surface area contributed by atoms with Gasteiger partial charge >= 0.3 is 17.9 Å². The largest absolute Gasteiger partial charge is 0.473 e. The number of esters is 1. The Morgan fingerprint density at radius 2 is 1.68 bits per heavy atom. The van der Waals surface area contributed by atoms with E-state index >= 15 is 0 Å². The number of nitrogens with two attached hydrogens (primary N) is 1. The van der Waals surface area contributed by atoms with Gasteiger partial charge in [0, 0.05) is 17.9 Å². The van der Waals surface area contributed by atoms with Crippen molar-refractivity contribution in [2.24, 2.45) is 17.6 Å². The molecule has 0 saturated heterocycles. The molecule has 8 heteroatoms. The average molecular weight is 277 g/mol. The van der Waals surface area contributed by atoms with E-state index in [2.05, 4.69) is 4.74 Å². The standard InChI is InChI=1S/C9H14FNO2.C2H2O4/c1-2-13-8(12)9(10)6-3-5(11)4-7(6)9;3-1(4)2(5)6/h5-7H,2-4,11H2,1H3;(H,3,4)(H,5,6). The lowest BCUT2D eigenvalue weighted by Gasteiger charge is -2.13. The minimum atomic E-state index is -1.82. The third kappa shape index (κ3) is 3.01. The Kier molecular flexibility index (Phi) is 4.46. The Bertz CT molecular complexity index is 375. The summed E-state index contributed by atoms with van der Waals surface area (Å²) in [4.78, 5) is 29.4. The maximum atomic E-state index is 13.8. The maximum absolute atomic E-state index is 13.8. The number of hydrogen-bond donors (Lipinski definition) is 3. The normalized spacial score (nSPS) is 34.6. The number of carbonyl (C=O) groups excluding carboxylic acids is 1. The third-order valence-corrected chi connectivity index (χ3v) is 3.34. The number of fused-ring (bicyclic) bond motifs is 1. The minimum Gasteiger partial charge on any atom is -0.473 e. The zero-order chi connectivity index (χ0) is 14.8. The Balaban J connectivity index is 0.000000258. The first-order valence-corrected chi connectivity index (χ1v) is 5.83. The molecule has 0 aromatic carbocycles. The van der Waals surface area contributed by atoms with E-state index < -0.39 is 23.6 Å². The van der Waals surface area contributed by atoms with Gasteiger partial charge in [-0.1, -0.05) is 0 Å². The van der Waals surface area contributed by atoms with Gasteiger partial charge in [0.15, 0.2) is 0 Å². The molecule has 0 aromatic rings. The minimum absolute atomic E-state index is 0.0771. The lowest BCUT2D eigenvalue weighted by molar-refractivity contribution is -0.159. The zero-order valence-electron chi connectivity index (χ0n) is 10.3. The van der Waals surface area contributed by atoms with Gasteiger partial charge in [-0.3, -0.25) is 0 Å². The summed E-state index contributed by atoms with van der Waals surface area (Å²) in [5.74, 6) is -4.66. The molecule has 0 bridgehead atoms. The number of carboxylic acids is 2. The molecule has 108 valence electrons. The van der Waals surface area contributed by atoms with Crippen LogP contribution in [0.15, 0.2) is 0 Å². The van der Waals surface area contributed by atoms with Crippen molar-refractivity contribution in [3.8, 4) is 0 Å². The predicted octanol–water partition coefficient (Wildman–Crippen LogP) is -0.219. The highest BCUT2D eigenvalue weighted by atomic mass is 19.1. The molecule has 2 unspecified atom stereocenters. The number of aliphatic carboxylic acids is 2. The highest BCUT2D eigenvalue weighted by Gasteiger charge is 2.74. The molecule has 19 heavy (non-hydrogen) atoms. The number of rotatable bonds is 2. The van der Waals surface area contributed by atoms with Crippen molar-refractivity contribution in [3.05, 3.63) is 0 Å². The highest BCUT2D eigenvalue weighted by Crippen LogP contribution is 2.63. The van der Waals surface area contributed by atoms with Crippen LogP contribution in [0, 0.1) is 11.8 Å². The quantitative estimate of drug-likeness (QED) is 0.470. The van der Waals surface area contributed by atoms with Crippen LogP contribution in [-0.2, 0) is 19.1 Å². The molecule has 4 N–H and O–H groups in total. The van der Waals surface area contributed by atoms with Crippen LogP contribution in [0.1, 0.15) is 19.8 Å². The fourth-order valence-corrected chi connectivity index (χ4v) is 2.46. The van der Waals surface area contributed by atoms with E-state index in [0.29, 0.717) is 12.8 Å². The van der Waals surface area contributed by atoms with Gasteiger partial charge in [-0.15, -0.1) is 0 Å². The van der Waals surface area contributed by atoms with Crippen LogP contribution in [-0.4, -0.2) is 46.4 Å². The van der Waals surface area contributed by atoms with Crippen LogP contribution in [0.4, 0.5) is 4.39 Å². The Morgan fingerprint density at radius 3 is 2.00 bits per heavy atom. The number of carboxylic acid groups (broad SMARTS) is 2. The van der Waals surface area contributed by atoms with Crippen LogP contribution in [0.2, 0.25) is 0 Å². The summed E-state index contributed by atoms with van der Waals surface area (Å²) >= 11 is 0. The topological polar surface area (TPSA) is 127 Å². The van der Waals surface area contributed by atoms with Crippen molar-refractivity contribution in [2.75, 3.05) is 6.61 Å². The molecule has 2 atom stereocenters. The molecule has 2 rings (SSSR count). The molecule has 0 heterocycles. The summed E-state index contributed by atoms with van der Waals surface area (Å²) in [6, 6.07) is 0.0771. The summed E-state index contributed by atoms with van der Waals surface area (Å²) in [7, 11) is 0. The summed E-state index contributed by atoms with van der Waals surface area (Å²) in [6.07, 6.45) is 1.25. The summed E-state index contributed by atoms with van der Waals surface area (Å²) < 4.78 is 18.5. The molecule has 2 aliphatic carbocycles. The second-order valence-corrected chi connectivity index (χ2v) is 4.54. The van der Waals surface area contributed by atoms with E-state index in [9.17, 15) is 9.18 Å². The second kappa shape index (κ2) is 5.52. The molecule has 0 spiro atoms. The number of carbonyl (C=O) groups is 3. The first-order chi connectivity index (χ1) is 8.75. The molecule has 2 saturated carbocycles. The number of alkyl halides is 1. The molecule has 0 aromatic heterocycles. The number of ether oxygens (including phenoxy) is 1. The Morgan fingerprint density at radius 1 is 1.26 bits per heavy atom. The van der Waals surface area contributed by atoms with Crippen LogP contribution in [0.5, 0.6) is 0 Å². The third-order valence-electron chi connectivity index (χ3n) is 3.34. The van der Waals surface area contributed by atoms with E-state index in [1.165, 1.54) is 0 Å². The fraction of sp³-hybridized carbons (Fsp3) is 0.727. The molecule has 7 nitrogen and oxygen atoms in total. The molecule has 2 fully saturated rings. The van der Waals surface area contributed by atoms with Crippen molar-refractivity contribution in [1.82, 2.24) is 0 Å². The van der Waals surface area contributed by atoms with Crippen molar-refractivity contribution >= 4 is 17.9 Å². The van der Waals surface area contributed by atoms with Crippen molar-refractivity contribution in [2.45, 2.75) is 31.5 Å². The van der Waals surface area contributed by atoms with E-state index in [4.69, 9.17) is 25.5 Å². The SMILES string of the molecule is CCOC(=O)C1(F)C2CC(N)CC21.O=C(O)C(=O)O. The van der Waals surface area contributed by atoms with Gasteiger partial charge in [-0.05, 0) is 19.8 Å². The first-order valence-electron chi connectivity index (χ1n) is 5.83. The van der Waals surface area contributed by atoms with E-state index in [0.717, 1.165) is 0 Å². The molecular formula is C11H16FNO6. The maximum Gasteiger partial charge on any atom is 0.414 e. The fourth-order valence-electron chi connectivity index (χ4n) is 2.46. The van der Waals surface area contributed by atoms with Crippen LogP contribution >= 0.6 is 0 Å². The van der Waals surface area contributed by atoms with Gasteiger partial charge in [0.2, 0.25) is 5.67 Å². The second-order valence-electron chi connectivity index (χ2n) is 4.54. The highest BCUT2D eigenvalue weighted by molar-refractivity contribution is 6.27. The van der Waals surface area contributed by atoms with E-state index in [1.807, 2.05) is 0 Å². The lowest BCUT2D eigenvalue weighted by Crippen LogP contribution is -2.30. The van der Waals surface area contributed by atoms with Gasteiger partial charge in [-0.25, -0.2) is 18.8 Å². The Labute approximate surface area is 108 Å². The molecule has 2 aliphatic rings. The van der Waals surface area contributed by atoms with Crippen LogP contribution < -0.4 is 5.73 Å². The Hall–Kier alpha value is -1.70.